The molecule has 12 rings (SSSR count). The molecule has 0 saturated carbocycles. The van der Waals surface area contributed by atoms with Crippen LogP contribution in [0, 0.1) is 0 Å². The van der Waals surface area contributed by atoms with Gasteiger partial charge in [-0.2, -0.15) is 0 Å². The summed E-state index contributed by atoms with van der Waals surface area (Å²) >= 11 is 3.96. The first kappa shape index (κ1) is 30.6. The third-order valence-electron chi connectivity index (χ3n) is 11.9. The van der Waals surface area contributed by atoms with E-state index in [0.29, 0.717) is 0 Å². The van der Waals surface area contributed by atoms with Crippen LogP contribution < -0.4 is 10.4 Å². The van der Waals surface area contributed by atoms with Crippen LogP contribution in [0.3, 0.4) is 0 Å². The van der Waals surface area contributed by atoms with E-state index in [-0.39, 0.29) is 0 Å². The van der Waals surface area contributed by atoms with Crippen molar-refractivity contribution in [2.24, 2.45) is 0 Å². The summed E-state index contributed by atoms with van der Waals surface area (Å²) in [6, 6.07) is 50.3. The number of rotatable bonds is 3. The maximum atomic E-state index is 2.48. The van der Waals surface area contributed by atoms with Crippen LogP contribution in [0.15, 0.2) is 140 Å². The molecule has 0 fully saturated rings. The van der Waals surface area contributed by atoms with Gasteiger partial charge in [-0.05, 0) is 126 Å². The lowest BCUT2D eigenvalue weighted by Gasteiger charge is -2.18. The van der Waals surface area contributed by atoms with Crippen molar-refractivity contribution in [2.45, 2.75) is 25.7 Å². The molecule has 0 radical (unpaired) electrons. The van der Waals surface area contributed by atoms with E-state index in [2.05, 4.69) is 158 Å². The van der Waals surface area contributed by atoms with Gasteiger partial charge in [0.05, 0.1) is 0 Å². The first-order chi connectivity index (χ1) is 26.8. The van der Waals surface area contributed by atoms with Crippen LogP contribution in [0.1, 0.15) is 29.7 Å². The molecule has 2 heterocycles. The summed E-state index contributed by atoms with van der Waals surface area (Å²) < 4.78 is 4.27. The maximum Gasteiger partial charge on any atom is 0.0451 e. The van der Waals surface area contributed by atoms with Gasteiger partial charge in [-0.3, -0.25) is 0 Å². The minimum Gasteiger partial charge on any atom is -0.135 e. The zero-order valence-electron chi connectivity index (χ0n) is 29.7. The Morgan fingerprint density at radius 2 is 1.07 bits per heavy atom. The zero-order valence-corrected chi connectivity index (χ0v) is 31.3. The molecule has 2 aliphatic rings. The standard InChI is InChI=1S/C52H34S2/c1-2-12-34-29-36(26-23-31(34)11-1)48-39-15-5-3-13-37(39)47(38-14-4-6-16-40(38)48)33-24-21-32(22-25-33)35-27-28-46-44(30-35)49-41-17-7-8-18-42(41)51-50(52(49)54-46)43-19-9-10-20-45(43)53-51/h1-3,5,7-8,10-18,20-30H,4,6,9,19H2. The van der Waals surface area contributed by atoms with Gasteiger partial charge in [-0.15, -0.1) is 22.7 Å². The van der Waals surface area contributed by atoms with Gasteiger partial charge in [0.2, 0.25) is 0 Å². The Hall–Kier alpha value is -5.80. The van der Waals surface area contributed by atoms with Crippen molar-refractivity contribution >= 4 is 103 Å². The molecule has 0 unspecified atom stereocenters. The fourth-order valence-electron chi connectivity index (χ4n) is 9.49. The molecule has 2 aliphatic carbocycles. The highest BCUT2D eigenvalue weighted by Gasteiger charge is 2.22. The van der Waals surface area contributed by atoms with Crippen molar-refractivity contribution in [3.63, 3.8) is 0 Å². The molecule has 0 saturated heterocycles. The van der Waals surface area contributed by atoms with Gasteiger partial charge in [0.15, 0.2) is 0 Å². The van der Waals surface area contributed by atoms with E-state index >= 15 is 0 Å². The summed E-state index contributed by atoms with van der Waals surface area (Å²) in [6.45, 7) is 0. The number of allylic oxidation sites excluding steroid dienone is 1. The molecule has 254 valence electrons. The molecule has 0 aliphatic heterocycles. The number of hydrogen-bond donors (Lipinski definition) is 0. The monoisotopic (exact) mass is 722 g/mol. The summed E-state index contributed by atoms with van der Waals surface area (Å²) in [5.74, 6) is 0. The van der Waals surface area contributed by atoms with E-state index < -0.39 is 0 Å². The first-order valence-corrected chi connectivity index (χ1v) is 20.8. The Labute approximate surface area is 321 Å². The van der Waals surface area contributed by atoms with Crippen LogP contribution in [0.25, 0.3) is 114 Å². The van der Waals surface area contributed by atoms with Crippen LogP contribution >= 0.6 is 22.7 Å². The SMILES string of the molecule is C1=Cc2sc3c4ccccc4c4c5cc(-c6ccc(-c7c8c(c(-c9ccc%10ccccc%10c9)c9ccccc79)=CCCC=8)cc6)ccc5sc4c3c2CC1. The molecule has 2 aromatic heterocycles. The smallest absolute Gasteiger partial charge is 0.0451 e. The number of fused-ring (bicyclic) bond motifs is 13. The number of thiophene rings is 2. The first-order valence-electron chi connectivity index (χ1n) is 19.1. The fraction of sp³-hybridized carbons (Fsp3) is 0.0769. The summed E-state index contributed by atoms with van der Waals surface area (Å²) in [5, 5.41) is 15.0. The van der Waals surface area contributed by atoms with E-state index in [4.69, 9.17) is 0 Å². The minimum atomic E-state index is 1.06. The average molecular weight is 723 g/mol. The van der Waals surface area contributed by atoms with Gasteiger partial charge in [0.25, 0.3) is 0 Å². The van der Waals surface area contributed by atoms with Gasteiger partial charge in [0, 0.05) is 40.5 Å². The molecule has 8 aromatic carbocycles. The lowest BCUT2D eigenvalue weighted by atomic mass is 9.85. The lowest BCUT2D eigenvalue weighted by Crippen LogP contribution is -2.31. The molecular formula is C52H34S2. The lowest BCUT2D eigenvalue weighted by molar-refractivity contribution is 1.01. The van der Waals surface area contributed by atoms with Gasteiger partial charge < -0.3 is 0 Å². The summed E-state index contributed by atoms with van der Waals surface area (Å²) in [6.07, 6.45) is 14.0. The van der Waals surface area contributed by atoms with Crippen molar-refractivity contribution in [1.29, 1.82) is 0 Å². The van der Waals surface area contributed by atoms with E-state index in [0.717, 1.165) is 25.7 Å². The highest BCUT2D eigenvalue weighted by molar-refractivity contribution is 7.28. The second-order valence-corrected chi connectivity index (χ2v) is 17.0. The quantitative estimate of drug-likeness (QED) is 0.170. The van der Waals surface area contributed by atoms with Crippen LogP contribution in [-0.4, -0.2) is 0 Å². The number of hydrogen-bond acceptors (Lipinski definition) is 2. The predicted molar refractivity (Wildman–Crippen MR) is 238 cm³/mol. The molecule has 10 aromatic rings. The van der Waals surface area contributed by atoms with Gasteiger partial charge in [-0.1, -0.05) is 133 Å². The molecule has 54 heavy (non-hydrogen) atoms. The molecule has 0 spiro atoms. The third kappa shape index (κ3) is 4.48. The average Bonchev–Trinajstić information content (AvgIpc) is 3.82. The number of aryl methyl sites for hydroxylation is 1. The van der Waals surface area contributed by atoms with E-state index in [1.54, 1.807) is 5.56 Å². The van der Waals surface area contributed by atoms with Crippen molar-refractivity contribution in [2.75, 3.05) is 0 Å². The Bertz CT molecular complexity index is 3370. The van der Waals surface area contributed by atoms with Gasteiger partial charge in [-0.25, -0.2) is 0 Å². The second-order valence-electron chi connectivity index (χ2n) is 14.9. The summed E-state index contributed by atoms with van der Waals surface area (Å²) in [5.41, 5.74) is 9.33. The van der Waals surface area contributed by atoms with E-state index in [1.807, 2.05) is 22.7 Å². The van der Waals surface area contributed by atoms with E-state index in [9.17, 15) is 0 Å². The second kappa shape index (κ2) is 11.9. The maximum absolute atomic E-state index is 2.48. The molecule has 0 atom stereocenters. The topological polar surface area (TPSA) is 0 Å². The fourth-order valence-corrected chi connectivity index (χ4v) is 12.2. The molecular weight excluding hydrogens is 689 g/mol. The molecule has 0 nitrogen and oxygen atoms in total. The Kier molecular flexibility index (Phi) is 6.72. The predicted octanol–water partition coefficient (Wildman–Crippen LogP) is 14.0. The van der Waals surface area contributed by atoms with Crippen LogP contribution in [0.4, 0.5) is 0 Å². The van der Waals surface area contributed by atoms with Crippen molar-refractivity contribution in [1.82, 2.24) is 0 Å². The van der Waals surface area contributed by atoms with Gasteiger partial charge >= 0.3 is 0 Å². The normalized spacial score (nSPS) is 13.9. The summed E-state index contributed by atoms with van der Waals surface area (Å²) in [7, 11) is 0. The summed E-state index contributed by atoms with van der Waals surface area (Å²) in [4.78, 5) is 1.44. The van der Waals surface area contributed by atoms with Gasteiger partial charge in [0.1, 0.15) is 0 Å². The third-order valence-corrected chi connectivity index (χ3v) is 14.3. The molecule has 2 heteroatoms. The van der Waals surface area contributed by atoms with Crippen LogP contribution in [0.5, 0.6) is 0 Å². The highest BCUT2D eigenvalue weighted by atomic mass is 32.1. The Morgan fingerprint density at radius 3 is 1.87 bits per heavy atom. The minimum absolute atomic E-state index is 1.06. The molecule has 0 amide bonds. The largest absolute Gasteiger partial charge is 0.135 e. The van der Waals surface area contributed by atoms with Crippen LogP contribution in [-0.2, 0) is 6.42 Å². The zero-order chi connectivity index (χ0) is 35.3. The molecule has 0 bridgehead atoms. The van der Waals surface area contributed by atoms with Crippen molar-refractivity contribution in [3.05, 3.63) is 160 Å². The van der Waals surface area contributed by atoms with Crippen molar-refractivity contribution in [3.8, 4) is 33.4 Å². The Balaban J connectivity index is 1.03. The highest BCUT2D eigenvalue weighted by Crippen LogP contribution is 2.50. The van der Waals surface area contributed by atoms with Crippen LogP contribution in [0.2, 0.25) is 0 Å². The molecule has 0 N–H and O–H groups in total. The Morgan fingerprint density at radius 1 is 0.426 bits per heavy atom. The van der Waals surface area contributed by atoms with Crippen molar-refractivity contribution < 1.29 is 0 Å². The van der Waals surface area contributed by atoms with E-state index in [1.165, 1.54) is 111 Å². The number of benzene rings is 8.